The van der Waals surface area contributed by atoms with Crippen LogP contribution in [0.5, 0.6) is 0 Å². The van der Waals surface area contributed by atoms with Gasteiger partial charge in [-0.25, -0.2) is 10.2 Å². The van der Waals surface area contributed by atoms with E-state index in [1.807, 2.05) is 0 Å². The number of rotatable bonds is 1. The molecule has 0 unspecified atom stereocenters. The quantitative estimate of drug-likeness (QED) is 0.628. The molecule has 4 atom stereocenters. The van der Waals surface area contributed by atoms with Crippen LogP contribution in [-0.4, -0.2) is 11.7 Å². The second-order valence-electron chi connectivity index (χ2n) is 5.14. The van der Waals surface area contributed by atoms with Crippen molar-refractivity contribution in [3.05, 3.63) is 0 Å². The number of amides is 2. The summed E-state index contributed by atoms with van der Waals surface area (Å²) in [5.74, 6) is 3.31. The lowest BCUT2D eigenvalue weighted by Gasteiger charge is -2.25. The molecule has 15 heavy (non-hydrogen) atoms. The molecule has 0 spiro atoms. The molecule has 82 valence electrons. The molecule has 0 aromatic rings. The molecule has 2 bridgehead atoms. The van der Waals surface area contributed by atoms with Gasteiger partial charge >= 0.3 is 6.03 Å². The number of urea groups is 1. The second-order valence-corrected chi connectivity index (χ2v) is 5.14. The first-order valence-electron chi connectivity index (χ1n) is 5.87. The summed E-state index contributed by atoms with van der Waals surface area (Å²) in [4.78, 5) is 10.6. The van der Waals surface area contributed by atoms with Crippen LogP contribution in [0.25, 0.3) is 0 Å². The first-order valence-corrected chi connectivity index (χ1v) is 5.87. The van der Waals surface area contributed by atoms with Gasteiger partial charge in [0.05, 0.1) is 0 Å². The third-order valence-corrected chi connectivity index (χ3v) is 4.51. The van der Waals surface area contributed by atoms with Gasteiger partial charge in [0.2, 0.25) is 0 Å². The predicted octanol–water partition coefficient (Wildman–Crippen LogP) is 1.47. The number of hydrazone groups is 1. The molecule has 0 heterocycles. The number of hydrogen-bond donors (Lipinski definition) is 2. The van der Waals surface area contributed by atoms with E-state index in [-0.39, 0.29) is 0 Å². The van der Waals surface area contributed by atoms with E-state index in [4.69, 9.17) is 5.73 Å². The van der Waals surface area contributed by atoms with E-state index in [9.17, 15) is 4.79 Å². The maximum atomic E-state index is 10.6. The smallest absolute Gasteiger partial charge is 0.332 e. The summed E-state index contributed by atoms with van der Waals surface area (Å²) >= 11 is 0. The summed E-state index contributed by atoms with van der Waals surface area (Å²) in [6, 6.07) is -0.548. The maximum absolute atomic E-state index is 10.6. The van der Waals surface area contributed by atoms with Gasteiger partial charge in [-0.15, -0.1) is 0 Å². The summed E-state index contributed by atoms with van der Waals surface area (Å²) in [6.45, 7) is 0. The summed E-state index contributed by atoms with van der Waals surface area (Å²) in [6.07, 6.45) is 6.56. The highest BCUT2D eigenvalue weighted by atomic mass is 16.2. The topological polar surface area (TPSA) is 67.5 Å². The molecule has 3 fully saturated rings. The van der Waals surface area contributed by atoms with Crippen LogP contribution in [0.2, 0.25) is 0 Å². The van der Waals surface area contributed by atoms with Crippen molar-refractivity contribution in [2.24, 2.45) is 34.5 Å². The number of fused-ring (bicyclic) bond motifs is 5. The predicted molar refractivity (Wildman–Crippen MR) is 57.2 cm³/mol. The van der Waals surface area contributed by atoms with Crippen LogP contribution < -0.4 is 11.2 Å². The van der Waals surface area contributed by atoms with Crippen molar-refractivity contribution in [2.45, 2.75) is 32.1 Å². The minimum atomic E-state index is -0.548. The van der Waals surface area contributed by atoms with Gasteiger partial charge in [-0.2, -0.15) is 5.10 Å². The Bertz CT molecular complexity index is 326. The van der Waals surface area contributed by atoms with Crippen LogP contribution in [0, 0.1) is 23.7 Å². The number of nitrogens with zero attached hydrogens (tertiary/aromatic N) is 1. The summed E-state index contributed by atoms with van der Waals surface area (Å²) in [7, 11) is 0. The van der Waals surface area contributed by atoms with Crippen molar-refractivity contribution < 1.29 is 4.79 Å². The van der Waals surface area contributed by atoms with Gasteiger partial charge in [-0.3, -0.25) is 0 Å². The Kier molecular flexibility index (Phi) is 1.97. The lowest BCUT2D eigenvalue weighted by molar-refractivity contribution is 0.249. The first-order chi connectivity index (χ1) is 7.25. The van der Waals surface area contributed by atoms with Crippen LogP contribution in [0.1, 0.15) is 32.1 Å². The number of carbonyl (C=O) groups is 1. The normalized spacial score (nSPS) is 44.7. The summed E-state index contributed by atoms with van der Waals surface area (Å²) < 4.78 is 0. The van der Waals surface area contributed by atoms with Crippen molar-refractivity contribution >= 4 is 11.7 Å². The van der Waals surface area contributed by atoms with E-state index >= 15 is 0 Å². The van der Waals surface area contributed by atoms with Crippen molar-refractivity contribution in [2.75, 3.05) is 0 Å². The van der Waals surface area contributed by atoms with Gasteiger partial charge in [0.1, 0.15) is 0 Å². The molecule has 3 rings (SSSR count). The molecule has 0 aliphatic heterocycles. The van der Waals surface area contributed by atoms with Gasteiger partial charge in [0, 0.05) is 11.6 Å². The monoisotopic (exact) mass is 207 g/mol. The van der Waals surface area contributed by atoms with Crippen LogP contribution in [-0.2, 0) is 0 Å². The lowest BCUT2D eigenvalue weighted by atomic mass is 9.81. The Balaban J connectivity index is 1.75. The van der Waals surface area contributed by atoms with E-state index in [2.05, 4.69) is 10.5 Å². The van der Waals surface area contributed by atoms with E-state index < -0.39 is 6.03 Å². The Labute approximate surface area is 89.3 Å². The molecule has 4 heteroatoms. The molecule has 0 radical (unpaired) electrons. The highest BCUT2D eigenvalue weighted by Crippen LogP contribution is 2.57. The fraction of sp³-hybridized carbons (Fsp3) is 0.818. The molecule has 3 N–H and O–H groups in total. The van der Waals surface area contributed by atoms with Crippen LogP contribution in [0.15, 0.2) is 5.10 Å². The minimum Gasteiger partial charge on any atom is -0.350 e. The van der Waals surface area contributed by atoms with Gasteiger partial charge in [0.15, 0.2) is 0 Å². The Morgan fingerprint density at radius 2 is 2.20 bits per heavy atom. The summed E-state index contributed by atoms with van der Waals surface area (Å²) in [5, 5.41) is 4.16. The number of carbonyl (C=O) groups excluding carboxylic acids is 1. The largest absolute Gasteiger partial charge is 0.350 e. The number of nitrogens with one attached hydrogen (secondary N) is 1. The Morgan fingerprint density at radius 3 is 3.00 bits per heavy atom. The van der Waals surface area contributed by atoms with Crippen molar-refractivity contribution in [1.82, 2.24) is 5.43 Å². The van der Waals surface area contributed by atoms with Crippen molar-refractivity contribution in [1.29, 1.82) is 0 Å². The molecule has 2 amide bonds. The zero-order chi connectivity index (χ0) is 10.4. The van der Waals surface area contributed by atoms with E-state index in [1.54, 1.807) is 0 Å². The average Bonchev–Trinajstić information content (AvgIpc) is 2.86. The number of hydrogen-bond acceptors (Lipinski definition) is 2. The fourth-order valence-electron chi connectivity index (χ4n) is 4.07. The van der Waals surface area contributed by atoms with Crippen LogP contribution >= 0.6 is 0 Å². The van der Waals surface area contributed by atoms with Gasteiger partial charge in [-0.1, -0.05) is 6.42 Å². The molecule has 3 aliphatic rings. The fourth-order valence-corrected chi connectivity index (χ4v) is 4.07. The van der Waals surface area contributed by atoms with Crippen LogP contribution in [0.3, 0.4) is 0 Å². The first kappa shape index (κ1) is 9.19. The van der Waals surface area contributed by atoms with E-state index in [1.165, 1.54) is 31.4 Å². The zero-order valence-corrected chi connectivity index (χ0v) is 8.78. The van der Waals surface area contributed by atoms with E-state index in [0.717, 1.165) is 24.2 Å². The Morgan fingerprint density at radius 1 is 1.40 bits per heavy atom. The molecule has 3 aliphatic carbocycles. The Hall–Kier alpha value is -1.06. The summed E-state index contributed by atoms with van der Waals surface area (Å²) in [5.41, 5.74) is 8.59. The molecule has 0 aromatic carbocycles. The lowest BCUT2D eigenvalue weighted by Crippen LogP contribution is -2.30. The molecule has 4 nitrogen and oxygen atoms in total. The molecular formula is C11H17N3O. The SMILES string of the molecule is NC(=O)N/N=C1/C[C@H]2C[C@H]1[C@@H]1CCC[C@@H]21. The molecule has 3 saturated carbocycles. The molecular weight excluding hydrogens is 190 g/mol. The minimum absolute atomic E-state index is 0.548. The van der Waals surface area contributed by atoms with E-state index in [0.29, 0.717) is 5.92 Å². The maximum Gasteiger partial charge on any atom is 0.332 e. The third kappa shape index (κ3) is 1.34. The highest BCUT2D eigenvalue weighted by molar-refractivity contribution is 5.91. The van der Waals surface area contributed by atoms with Crippen molar-refractivity contribution in [3.8, 4) is 0 Å². The second kappa shape index (κ2) is 3.22. The zero-order valence-electron chi connectivity index (χ0n) is 8.78. The number of primary amides is 1. The molecule has 0 saturated heterocycles. The van der Waals surface area contributed by atoms with Crippen molar-refractivity contribution in [3.63, 3.8) is 0 Å². The third-order valence-electron chi connectivity index (χ3n) is 4.51. The standard InChI is InChI=1S/C11H17N3O/c12-11(15)14-13-10-5-6-4-9(10)8-3-1-2-7(6)8/h6-9H,1-5H2,(H3,12,14,15)/b13-10-/t6-,7+,8-,9+/m1/s1. The van der Waals surface area contributed by atoms with Gasteiger partial charge < -0.3 is 5.73 Å². The number of nitrogens with two attached hydrogens (primary N) is 1. The van der Waals surface area contributed by atoms with Crippen LogP contribution in [0.4, 0.5) is 4.79 Å². The van der Waals surface area contributed by atoms with Gasteiger partial charge in [-0.05, 0) is 43.4 Å². The highest BCUT2D eigenvalue weighted by Gasteiger charge is 2.52. The van der Waals surface area contributed by atoms with Gasteiger partial charge in [0.25, 0.3) is 0 Å². The molecule has 0 aromatic heterocycles. The average molecular weight is 207 g/mol.